The zero-order valence-electron chi connectivity index (χ0n) is 9.70. The molecular formula is C13H15BrO3. The van der Waals surface area contributed by atoms with Gasteiger partial charge < -0.3 is 9.84 Å². The second kappa shape index (κ2) is 5.08. The van der Waals surface area contributed by atoms with Crippen molar-refractivity contribution in [3.63, 3.8) is 0 Å². The third kappa shape index (κ3) is 3.46. The van der Waals surface area contributed by atoms with Crippen molar-refractivity contribution in [2.75, 3.05) is 0 Å². The monoisotopic (exact) mass is 298 g/mol. The highest BCUT2D eigenvalue weighted by Crippen LogP contribution is 2.36. The van der Waals surface area contributed by atoms with Gasteiger partial charge in [0.2, 0.25) is 0 Å². The average molecular weight is 299 g/mol. The molecule has 0 spiro atoms. The van der Waals surface area contributed by atoms with Crippen LogP contribution in [0, 0.1) is 6.92 Å². The van der Waals surface area contributed by atoms with E-state index in [9.17, 15) is 4.79 Å². The lowest BCUT2D eigenvalue weighted by Crippen LogP contribution is -2.04. The fourth-order valence-corrected chi connectivity index (χ4v) is 2.42. The summed E-state index contributed by atoms with van der Waals surface area (Å²) in [7, 11) is 0. The normalized spacial score (nSPS) is 14.7. The van der Waals surface area contributed by atoms with E-state index in [1.54, 1.807) is 0 Å². The predicted octanol–water partition coefficient (Wildman–Crippen LogP) is 3.32. The SMILES string of the molecule is Cc1cc(Br)c(OC2CC2)c(CCC(=O)O)c1. The molecule has 0 amide bonds. The van der Waals surface area contributed by atoms with Crippen molar-refractivity contribution in [1.29, 1.82) is 0 Å². The van der Waals surface area contributed by atoms with E-state index in [0.717, 1.165) is 34.2 Å². The van der Waals surface area contributed by atoms with Gasteiger partial charge in [0.15, 0.2) is 0 Å². The topological polar surface area (TPSA) is 46.5 Å². The Morgan fingerprint density at radius 2 is 2.24 bits per heavy atom. The number of carbonyl (C=O) groups is 1. The summed E-state index contributed by atoms with van der Waals surface area (Å²) in [5.41, 5.74) is 2.09. The van der Waals surface area contributed by atoms with Crippen molar-refractivity contribution in [3.05, 3.63) is 27.7 Å². The third-order valence-corrected chi connectivity index (χ3v) is 3.27. The summed E-state index contributed by atoms with van der Waals surface area (Å²) >= 11 is 3.49. The molecule has 0 aromatic heterocycles. The number of benzene rings is 1. The lowest BCUT2D eigenvalue weighted by atomic mass is 10.1. The summed E-state index contributed by atoms with van der Waals surface area (Å²) < 4.78 is 6.76. The van der Waals surface area contributed by atoms with Gasteiger partial charge in [0.05, 0.1) is 10.6 Å². The summed E-state index contributed by atoms with van der Waals surface area (Å²) in [6, 6.07) is 4.01. The van der Waals surface area contributed by atoms with Gasteiger partial charge in [-0.1, -0.05) is 6.07 Å². The third-order valence-electron chi connectivity index (χ3n) is 2.68. The molecule has 1 saturated carbocycles. The summed E-state index contributed by atoms with van der Waals surface area (Å²) in [4.78, 5) is 10.6. The molecule has 2 rings (SSSR count). The van der Waals surface area contributed by atoms with Gasteiger partial charge in [-0.15, -0.1) is 0 Å². The first-order chi connectivity index (χ1) is 8.06. The number of hydrogen-bond acceptors (Lipinski definition) is 2. The number of carboxylic acids is 1. The molecule has 0 heterocycles. The smallest absolute Gasteiger partial charge is 0.303 e. The Kier molecular flexibility index (Phi) is 3.72. The maximum absolute atomic E-state index is 10.6. The Labute approximate surface area is 109 Å². The van der Waals surface area contributed by atoms with Gasteiger partial charge in [0, 0.05) is 6.42 Å². The summed E-state index contributed by atoms with van der Waals surface area (Å²) in [5, 5.41) is 8.75. The van der Waals surface area contributed by atoms with Crippen LogP contribution in [0.5, 0.6) is 5.75 Å². The molecule has 92 valence electrons. The molecule has 0 unspecified atom stereocenters. The van der Waals surface area contributed by atoms with Crippen molar-refractivity contribution in [2.24, 2.45) is 0 Å². The molecule has 0 atom stereocenters. The highest BCUT2D eigenvalue weighted by Gasteiger charge is 2.25. The number of aliphatic carboxylic acids is 1. The Hall–Kier alpha value is -1.03. The van der Waals surface area contributed by atoms with Gasteiger partial charge in [-0.2, -0.15) is 0 Å². The Morgan fingerprint density at radius 3 is 2.82 bits per heavy atom. The highest BCUT2D eigenvalue weighted by molar-refractivity contribution is 9.10. The van der Waals surface area contributed by atoms with Crippen LogP contribution >= 0.6 is 15.9 Å². The van der Waals surface area contributed by atoms with Gasteiger partial charge in [-0.05, 0) is 59.3 Å². The molecule has 1 aromatic rings. The van der Waals surface area contributed by atoms with Crippen LogP contribution in [0.25, 0.3) is 0 Å². The molecule has 1 aliphatic rings. The lowest BCUT2D eigenvalue weighted by Gasteiger charge is -2.13. The maximum atomic E-state index is 10.6. The highest BCUT2D eigenvalue weighted by atomic mass is 79.9. The van der Waals surface area contributed by atoms with Crippen LogP contribution in [0.2, 0.25) is 0 Å². The zero-order chi connectivity index (χ0) is 12.4. The molecule has 0 saturated heterocycles. The Balaban J connectivity index is 2.22. The maximum Gasteiger partial charge on any atom is 0.303 e. The molecule has 0 bridgehead atoms. The minimum absolute atomic E-state index is 0.136. The van der Waals surface area contributed by atoms with E-state index in [0.29, 0.717) is 12.5 Å². The fourth-order valence-electron chi connectivity index (χ4n) is 1.71. The second-order valence-corrected chi connectivity index (χ2v) is 5.30. The van der Waals surface area contributed by atoms with Gasteiger partial charge in [-0.25, -0.2) is 0 Å². The van der Waals surface area contributed by atoms with E-state index >= 15 is 0 Å². The van der Waals surface area contributed by atoms with Crippen LogP contribution in [0.4, 0.5) is 0 Å². The van der Waals surface area contributed by atoms with E-state index in [1.165, 1.54) is 0 Å². The quantitative estimate of drug-likeness (QED) is 0.907. The van der Waals surface area contributed by atoms with Crippen molar-refractivity contribution < 1.29 is 14.6 Å². The largest absolute Gasteiger partial charge is 0.489 e. The summed E-state index contributed by atoms with van der Waals surface area (Å²) in [5.74, 6) is 0.0411. The van der Waals surface area contributed by atoms with Gasteiger partial charge in [0.1, 0.15) is 5.75 Å². The second-order valence-electron chi connectivity index (χ2n) is 4.45. The van der Waals surface area contributed by atoms with Gasteiger partial charge in [0.25, 0.3) is 0 Å². The van der Waals surface area contributed by atoms with Crippen LogP contribution in [0.15, 0.2) is 16.6 Å². The predicted molar refractivity (Wildman–Crippen MR) is 68.5 cm³/mol. The molecule has 0 aliphatic heterocycles. The Bertz CT molecular complexity index is 439. The number of carboxylic acid groups (broad SMARTS) is 1. The number of aryl methyl sites for hydroxylation is 2. The van der Waals surface area contributed by atoms with Crippen LogP contribution in [-0.4, -0.2) is 17.2 Å². The number of rotatable bonds is 5. The number of ether oxygens (including phenoxy) is 1. The van der Waals surface area contributed by atoms with E-state index in [2.05, 4.69) is 15.9 Å². The van der Waals surface area contributed by atoms with Crippen molar-refractivity contribution in [3.8, 4) is 5.75 Å². The Morgan fingerprint density at radius 1 is 1.53 bits per heavy atom. The van der Waals surface area contributed by atoms with Crippen LogP contribution in [0.3, 0.4) is 0 Å². The van der Waals surface area contributed by atoms with E-state index in [-0.39, 0.29) is 6.42 Å². The molecule has 1 aromatic carbocycles. The van der Waals surface area contributed by atoms with Crippen molar-refractivity contribution in [2.45, 2.75) is 38.7 Å². The summed E-state index contributed by atoms with van der Waals surface area (Å²) in [6.07, 6.45) is 3.16. The standard InChI is InChI=1S/C13H15BrO3/c1-8-6-9(2-5-12(15)16)13(11(14)7-8)17-10-3-4-10/h6-7,10H,2-5H2,1H3,(H,15,16). The van der Waals surface area contributed by atoms with E-state index < -0.39 is 5.97 Å². The average Bonchev–Trinajstić information content (AvgIpc) is 3.03. The van der Waals surface area contributed by atoms with Crippen LogP contribution < -0.4 is 4.74 Å². The molecule has 17 heavy (non-hydrogen) atoms. The van der Waals surface area contributed by atoms with Crippen LogP contribution in [-0.2, 0) is 11.2 Å². The minimum Gasteiger partial charge on any atom is -0.489 e. The first-order valence-electron chi connectivity index (χ1n) is 5.73. The molecule has 0 radical (unpaired) electrons. The molecule has 3 nitrogen and oxygen atoms in total. The van der Waals surface area contributed by atoms with Crippen molar-refractivity contribution >= 4 is 21.9 Å². The molecule has 1 fully saturated rings. The number of halogens is 1. The van der Waals surface area contributed by atoms with E-state index in [1.807, 2.05) is 19.1 Å². The first-order valence-corrected chi connectivity index (χ1v) is 6.53. The fraction of sp³-hybridized carbons (Fsp3) is 0.462. The number of hydrogen-bond donors (Lipinski definition) is 1. The van der Waals surface area contributed by atoms with Crippen molar-refractivity contribution in [1.82, 2.24) is 0 Å². The van der Waals surface area contributed by atoms with Gasteiger partial charge in [-0.3, -0.25) is 4.79 Å². The molecule has 4 heteroatoms. The van der Waals surface area contributed by atoms with Gasteiger partial charge >= 0.3 is 5.97 Å². The molecular weight excluding hydrogens is 284 g/mol. The zero-order valence-corrected chi connectivity index (χ0v) is 11.3. The van der Waals surface area contributed by atoms with Crippen LogP contribution in [0.1, 0.15) is 30.4 Å². The lowest BCUT2D eigenvalue weighted by molar-refractivity contribution is -0.136. The van der Waals surface area contributed by atoms with E-state index in [4.69, 9.17) is 9.84 Å². The molecule has 1 N–H and O–H groups in total. The minimum atomic E-state index is -0.778. The summed E-state index contributed by atoms with van der Waals surface area (Å²) in [6.45, 7) is 2.00. The first kappa shape index (κ1) is 12.4. The molecule has 1 aliphatic carbocycles.